The van der Waals surface area contributed by atoms with Crippen molar-refractivity contribution in [1.29, 1.82) is 0 Å². The molecule has 0 bridgehead atoms. The lowest BCUT2D eigenvalue weighted by molar-refractivity contribution is -0.116. The van der Waals surface area contributed by atoms with E-state index in [4.69, 9.17) is 11.6 Å². The molecule has 0 fully saturated rings. The van der Waals surface area contributed by atoms with E-state index < -0.39 is 0 Å². The average Bonchev–Trinajstić information content (AvgIpc) is 2.41. The number of hydrogen-bond acceptors (Lipinski definition) is 1. The van der Waals surface area contributed by atoms with Crippen molar-refractivity contribution in [2.75, 3.05) is 5.32 Å². The number of amides is 1. The molecule has 0 radical (unpaired) electrons. The van der Waals surface area contributed by atoms with Crippen molar-refractivity contribution in [1.82, 2.24) is 0 Å². The average molecular weight is 400 g/mol. The van der Waals surface area contributed by atoms with E-state index in [1.807, 2.05) is 30.3 Å². The monoisotopic (exact) mass is 399 g/mol. The van der Waals surface area contributed by atoms with Crippen LogP contribution in [0.15, 0.2) is 42.5 Å². The van der Waals surface area contributed by atoms with E-state index in [1.165, 1.54) is 11.1 Å². The normalized spacial score (nSPS) is 10.3. The molecule has 0 spiro atoms. The lowest BCUT2D eigenvalue weighted by atomic mass is 10.0. The molecule has 0 aliphatic heterocycles. The predicted molar refractivity (Wildman–Crippen MR) is 92.3 cm³/mol. The van der Waals surface area contributed by atoms with E-state index in [2.05, 4.69) is 47.0 Å². The highest BCUT2D eigenvalue weighted by Crippen LogP contribution is 2.24. The summed E-state index contributed by atoms with van der Waals surface area (Å²) in [6.07, 6.45) is 1.19. The highest BCUT2D eigenvalue weighted by atomic mass is 127. The van der Waals surface area contributed by atoms with Crippen molar-refractivity contribution in [2.24, 2.45) is 0 Å². The summed E-state index contributed by atoms with van der Waals surface area (Å²) in [5.74, 6) is -0.0173. The summed E-state index contributed by atoms with van der Waals surface area (Å²) in [4.78, 5) is 12.0. The van der Waals surface area contributed by atoms with Crippen molar-refractivity contribution in [3.63, 3.8) is 0 Å². The van der Waals surface area contributed by atoms with Crippen molar-refractivity contribution < 1.29 is 4.79 Å². The molecule has 0 saturated heterocycles. The number of hydrogen-bond donors (Lipinski definition) is 1. The third-order valence-electron chi connectivity index (χ3n) is 3.09. The molecule has 20 heavy (non-hydrogen) atoms. The van der Waals surface area contributed by atoms with Gasteiger partial charge in [-0.2, -0.15) is 0 Å². The van der Waals surface area contributed by atoms with Crippen LogP contribution < -0.4 is 5.32 Å². The zero-order valence-corrected chi connectivity index (χ0v) is 14.0. The maximum atomic E-state index is 12.0. The Labute approximate surface area is 137 Å². The third-order valence-corrected chi connectivity index (χ3v) is 4.07. The lowest BCUT2D eigenvalue weighted by Gasteiger charge is -2.08. The molecule has 4 heteroatoms. The summed E-state index contributed by atoms with van der Waals surface area (Å²) >= 11 is 8.28. The highest BCUT2D eigenvalue weighted by molar-refractivity contribution is 14.1. The number of rotatable bonds is 4. The fourth-order valence-electron chi connectivity index (χ4n) is 1.94. The van der Waals surface area contributed by atoms with Crippen LogP contribution in [0.3, 0.4) is 0 Å². The molecular weight excluding hydrogens is 385 g/mol. The predicted octanol–water partition coefficient (Wildman–Crippen LogP) is 4.82. The quantitative estimate of drug-likeness (QED) is 0.734. The van der Waals surface area contributed by atoms with Crippen LogP contribution in [0.4, 0.5) is 5.69 Å². The van der Waals surface area contributed by atoms with Gasteiger partial charge in [0, 0.05) is 9.99 Å². The number of nitrogens with one attached hydrogen (secondary N) is 1. The number of carbonyl (C=O) groups is 1. The van der Waals surface area contributed by atoms with E-state index in [0.29, 0.717) is 17.1 Å². The Bertz CT molecular complexity index is 628. The first kappa shape index (κ1) is 15.3. The Morgan fingerprint density at radius 1 is 1.25 bits per heavy atom. The maximum absolute atomic E-state index is 12.0. The van der Waals surface area contributed by atoms with Crippen LogP contribution in [0.25, 0.3) is 0 Å². The highest BCUT2D eigenvalue weighted by Gasteiger charge is 2.07. The first-order chi connectivity index (χ1) is 9.56. The number of halogens is 2. The first-order valence-corrected chi connectivity index (χ1v) is 7.81. The van der Waals surface area contributed by atoms with Crippen molar-refractivity contribution >= 4 is 45.8 Å². The Hall–Kier alpha value is -1.07. The molecule has 0 heterocycles. The molecule has 0 aliphatic rings. The van der Waals surface area contributed by atoms with Gasteiger partial charge in [0.15, 0.2) is 0 Å². The van der Waals surface area contributed by atoms with Crippen molar-refractivity contribution in [3.8, 4) is 0 Å². The van der Waals surface area contributed by atoms with Gasteiger partial charge < -0.3 is 5.32 Å². The molecule has 0 aromatic heterocycles. The lowest BCUT2D eigenvalue weighted by Crippen LogP contribution is -2.13. The van der Waals surface area contributed by atoms with E-state index in [9.17, 15) is 4.79 Å². The Morgan fingerprint density at radius 3 is 2.70 bits per heavy atom. The van der Waals surface area contributed by atoms with Crippen LogP contribution in [0.5, 0.6) is 0 Å². The molecule has 104 valence electrons. The summed E-state index contributed by atoms with van der Waals surface area (Å²) in [5, 5.41) is 3.42. The molecule has 1 amide bonds. The van der Waals surface area contributed by atoms with E-state index >= 15 is 0 Å². The number of benzene rings is 2. The minimum absolute atomic E-state index is 0.0173. The molecule has 0 unspecified atom stereocenters. The maximum Gasteiger partial charge on any atom is 0.224 e. The van der Waals surface area contributed by atoms with E-state index in [1.54, 1.807) is 0 Å². The van der Waals surface area contributed by atoms with Gasteiger partial charge in [-0.1, -0.05) is 35.9 Å². The molecule has 0 saturated carbocycles. The fraction of sp³-hybridized carbons (Fsp3) is 0.188. The number of anilines is 1. The summed E-state index contributed by atoms with van der Waals surface area (Å²) in [6.45, 7) is 2.06. The summed E-state index contributed by atoms with van der Waals surface area (Å²) < 4.78 is 1.05. The molecule has 2 nitrogen and oxygen atoms in total. The Kier molecular flexibility index (Phi) is 5.43. The van der Waals surface area contributed by atoms with Gasteiger partial charge in [-0.15, -0.1) is 0 Å². The van der Waals surface area contributed by atoms with Crippen molar-refractivity contribution in [2.45, 2.75) is 19.8 Å². The Balaban J connectivity index is 1.94. The van der Waals surface area contributed by atoms with Crippen molar-refractivity contribution in [3.05, 3.63) is 62.2 Å². The summed E-state index contributed by atoms with van der Waals surface area (Å²) in [6, 6.07) is 13.7. The molecule has 2 aromatic rings. The smallest absolute Gasteiger partial charge is 0.224 e. The zero-order valence-electron chi connectivity index (χ0n) is 11.1. The van der Waals surface area contributed by atoms with Gasteiger partial charge in [0.2, 0.25) is 5.91 Å². The van der Waals surface area contributed by atoms with Crippen LogP contribution in [-0.4, -0.2) is 5.91 Å². The van der Waals surface area contributed by atoms with Crippen LogP contribution in [0.1, 0.15) is 17.5 Å². The topological polar surface area (TPSA) is 29.1 Å². The molecule has 2 aromatic carbocycles. The molecular formula is C16H15ClINO. The van der Waals surface area contributed by atoms with Crippen LogP contribution >= 0.6 is 34.2 Å². The largest absolute Gasteiger partial charge is 0.325 e. The standard InChI is InChI=1S/C16H15ClINO/c1-11-4-2-3-5-12(11)6-9-16(20)19-15-8-7-13(18)10-14(15)17/h2-5,7-8,10H,6,9H2,1H3,(H,19,20). The fourth-order valence-corrected chi connectivity index (χ4v) is 2.85. The van der Waals surface area contributed by atoms with Gasteiger partial charge in [0.05, 0.1) is 10.7 Å². The summed E-state index contributed by atoms with van der Waals surface area (Å²) in [7, 11) is 0. The molecule has 1 N–H and O–H groups in total. The van der Waals surface area contributed by atoms with Gasteiger partial charge in [0.1, 0.15) is 0 Å². The number of carbonyl (C=O) groups excluding carboxylic acids is 1. The summed E-state index contributed by atoms with van der Waals surface area (Å²) in [5.41, 5.74) is 3.09. The third kappa shape index (κ3) is 4.21. The van der Waals surface area contributed by atoms with E-state index in [-0.39, 0.29) is 5.91 Å². The molecule has 0 atom stereocenters. The van der Waals surface area contributed by atoms with Crippen LogP contribution in [-0.2, 0) is 11.2 Å². The molecule has 0 aliphatic carbocycles. The van der Waals surface area contributed by atoms with Gasteiger partial charge in [-0.3, -0.25) is 4.79 Å². The minimum Gasteiger partial charge on any atom is -0.325 e. The number of aryl methyl sites for hydroxylation is 2. The SMILES string of the molecule is Cc1ccccc1CCC(=O)Nc1ccc(I)cc1Cl. The van der Waals surface area contributed by atoms with Gasteiger partial charge in [0.25, 0.3) is 0 Å². The second-order valence-electron chi connectivity index (χ2n) is 4.60. The Morgan fingerprint density at radius 2 is 2.00 bits per heavy atom. The zero-order chi connectivity index (χ0) is 14.5. The van der Waals surface area contributed by atoms with Gasteiger partial charge in [-0.05, 0) is 65.3 Å². The second kappa shape index (κ2) is 7.09. The molecule has 2 rings (SSSR count). The second-order valence-corrected chi connectivity index (χ2v) is 6.25. The van der Waals surface area contributed by atoms with Gasteiger partial charge >= 0.3 is 0 Å². The van der Waals surface area contributed by atoms with Crippen LogP contribution in [0.2, 0.25) is 5.02 Å². The first-order valence-electron chi connectivity index (χ1n) is 6.35. The van der Waals surface area contributed by atoms with Gasteiger partial charge in [-0.25, -0.2) is 0 Å². The minimum atomic E-state index is -0.0173. The van der Waals surface area contributed by atoms with E-state index in [0.717, 1.165) is 9.99 Å². The van der Waals surface area contributed by atoms with Crippen LogP contribution in [0, 0.1) is 10.5 Å².